The van der Waals surface area contributed by atoms with Gasteiger partial charge in [0.2, 0.25) is 0 Å². The molecule has 0 aliphatic carbocycles. The van der Waals surface area contributed by atoms with Gasteiger partial charge in [-0.05, 0) is 80.8 Å². The Labute approximate surface area is 168 Å². The monoisotopic (exact) mass is 384 g/mol. The van der Waals surface area contributed by atoms with Crippen molar-refractivity contribution in [3.05, 3.63) is 82.2 Å². The van der Waals surface area contributed by atoms with E-state index >= 15 is 0 Å². The van der Waals surface area contributed by atoms with Gasteiger partial charge in [-0.25, -0.2) is 9.37 Å². The third-order valence-electron chi connectivity index (χ3n) is 5.41. The Morgan fingerprint density at radius 2 is 1.93 bits per heavy atom. The smallest absolute Gasteiger partial charge is 0.149 e. The van der Waals surface area contributed by atoms with Gasteiger partial charge in [0.15, 0.2) is 0 Å². The van der Waals surface area contributed by atoms with E-state index in [2.05, 4.69) is 65.6 Å². The van der Waals surface area contributed by atoms with Crippen LogP contribution >= 0.6 is 0 Å². The molecule has 4 rings (SSSR count). The van der Waals surface area contributed by atoms with Gasteiger partial charge < -0.3 is 9.55 Å². The molecule has 0 radical (unpaired) electrons. The van der Waals surface area contributed by atoms with Crippen molar-refractivity contribution in [1.29, 1.82) is 5.26 Å². The zero-order valence-electron chi connectivity index (χ0n) is 16.8. The van der Waals surface area contributed by atoms with Gasteiger partial charge in [0.25, 0.3) is 0 Å². The van der Waals surface area contributed by atoms with E-state index in [-0.39, 0.29) is 5.82 Å². The number of hydrogen-bond acceptors (Lipinski definition) is 2. The molecule has 0 bridgehead atoms. The lowest BCUT2D eigenvalue weighted by Crippen LogP contribution is -2.02. The lowest BCUT2D eigenvalue weighted by molar-refractivity contribution is 0.629. The van der Waals surface area contributed by atoms with Crippen LogP contribution in [0.2, 0.25) is 0 Å². The maximum atomic E-state index is 13.5. The van der Waals surface area contributed by atoms with E-state index in [9.17, 15) is 9.65 Å². The Morgan fingerprint density at radius 1 is 1.14 bits per heavy atom. The molecule has 0 saturated carbocycles. The quantitative estimate of drug-likeness (QED) is 0.455. The Bertz CT molecular complexity index is 1310. The Hall–Kier alpha value is -3.65. The van der Waals surface area contributed by atoms with Crippen molar-refractivity contribution in [1.82, 2.24) is 14.5 Å². The maximum absolute atomic E-state index is 13.5. The summed E-state index contributed by atoms with van der Waals surface area (Å²) < 4.78 is 15.7. The first-order valence-electron chi connectivity index (χ1n) is 9.42. The Morgan fingerprint density at radius 3 is 2.69 bits per heavy atom. The van der Waals surface area contributed by atoms with Crippen LogP contribution in [0.4, 0.5) is 4.39 Å². The van der Waals surface area contributed by atoms with Crippen molar-refractivity contribution in [2.24, 2.45) is 0 Å². The summed E-state index contributed by atoms with van der Waals surface area (Å²) in [6.45, 7) is 8.32. The van der Waals surface area contributed by atoms with Gasteiger partial charge in [0, 0.05) is 17.1 Å². The van der Waals surface area contributed by atoms with Crippen molar-refractivity contribution in [3.63, 3.8) is 0 Å². The summed E-state index contributed by atoms with van der Waals surface area (Å²) in [5.74, 6) is 0.0943. The molecule has 0 saturated heterocycles. The van der Waals surface area contributed by atoms with Gasteiger partial charge >= 0.3 is 0 Å². The van der Waals surface area contributed by atoms with E-state index in [1.54, 1.807) is 6.07 Å². The van der Waals surface area contributed by atoms with E-state index < -0.39 is 0 Å². The highest BCUT2D eigenvalue weighted by Gasteiger charge is 2.14. The third kappa shape index (κ3) is 3.23. The minimum Gasteiger partial charge on any atom is -0.337 e. The van der Waals surface area contributed by atoms with Crippen LogP contribution < -0.4 is 0 Å². The number of nitrogens with zero attached hydrogens (tertiary/aromatic N) is 3. The molecule has 0 fully saturated rings. The predicted octanol–water partition coefficient (Wildman–Crippen LogP) is 5.79. The molecule has 2 heterocycles. The summed E-state index contributed by atoms with van der Waals surface area (Å²) in [5, 5.41) is 9.73. The Kier molecular flexibility index (Phi) is 4.56. The summed E-state index contributed by atoms with van der Waals surface area (Å²) in [7, 11) is 0. The Balaban J connectivity index is 1.82. The highest BCUT2D eigenvalue weighted by molar-refractivity contribution is 5.90. The second kappa shape index (κ2) is 7.06. The molecular weight excluding hydrogens is 363 g/mol. The van der Waals surface area contributed by atoms with Crippen molar-refractivity contribution < 1.29 is 4.39 Å². The number of aromatic nitrogens is 3. The SMILES string of the molecule is Cc1cccc(-n2c(C)cc(/C=C(/C#N)c3nc4ccc(F)cc4[nH]3)c2C)c1C. The fourth-order valence-corrected chi connectivity index (χ4v) is 3.70. The minimum absolute atomic E-state index is 0.341. The molecule has 29 heavy (non-hydrogen) atoms. The number of benzene rings is 2. The van der Waals surface area contributed by atoms with Crippen LogP contribution in [0, 0.1) is 44.8 Å². The van der Waals surface area contributed by atoms with E-state index in [0.29, 0.717) is 22.4 Å². The molecule has 0 unspecified atom stereocenters. The standard InChI is InChI=1S/C24H21FN4/c1-14-6-5-7-23(16(14)3)29-15(2)10-18(17(29)4)11-19(13-26)24-27-21-9-8-20(25)12-22(21)28-24/h5-12H,1-4H3,(H,27,28)/b19-11-. The number of aromatic amines is 1. The maximum Gasteiger partial charge on any atom is 0.149 e. The second-order valence-corrected chi connectivity index (χ2v) is 7.30. The molecule has 4 aromatic rings. The van der Waals surface area contributed by atoms with Crippen molar-refractivity contribution >= 4 is 22.7 Å². The van der Waals surface area contributed by atoms with E-state index in [4.69, 9.17) is 0 Å². The molecule has 2 aromatic heterocycles. The molecule has 1 N–H and O–H groups in total. The summed E-state index contributed by atoms with van der Waals surface area (Å²) in [6.07, 6.45) is 1.83. The van der Waals surface area contributed by atoms with E-state index in [1.807, 2.05) is 13.0 Å². The van der Waals surface area contributed by atoms with Crippen LogP contribution in [-0.2, 0) is 0 Å². The molecule has 0 aliphatic heterocycles. The highest BCUT2D eigenvalue weighted by Crippen LogP contribution is 2.27. The molecular formula is C24H21FN4. The number of allylic oxidation sites excluding steroid dienone is 1. The lowest BCUT2D eigenvalue weighted by Gasteiger charge is -2.14. The highest BCUT2D eigenvalue weighted by atomic mass is 19.1. The molecule has 2 aromatic carbocycles. The van der Waals surface area contributed by atoms with Gasteiger partial charge in [-0.1, -0.05) is 12.1 Å². The first-order valence-corrected chi connectivity index (χ1v) is 9.42. The van der Waals surface area contributed by atoms with E-state index in [0.717, 1.165) is 22.6 Å². The molecule has 144 valence electrons. The van der Waals surface area contributed by atoms with Crippen LogP contribution in [0.5, 0.6) is 0 Å². The summed E-state index contributed by atoms with van der Waals surface area (Å²) >= 11 is 0. The number of imidazole rings is 1. The van der Waals surface area contributed by atoms with Crippen LogP contribution in [-0.4, -0.2) is 14.5 Å². The first kappa shape index (κ1) is 18.7. The van der Waals surface area contributed by atoms with Crippen LogP contribution in [0.1, 0.15) is 33.9 Å². The number of fused-ring (bicyclic) bond motifs is 1. The number of nitriles is 1. The fourth-order valence-electron chi connectivity index (χ4n) is 3.70. The third-order valence-corrected chi connectivity index (χ3v) is 5.41. The number of aryl methyl sites for hydroxylation is 2. The van der Waals surface area contributed by atoms with Crippen LogP contribution in [0.3, 0.4) is 0 Å². The number of nitrogens with one attached hydrogen (secondary N) is 1. The van der Waals surface area contributed by atoms with Crippen molar-refractivity contribution in [2.75, 3.05) is 0 Å². The van der Waals surface area contributed by atoms with Crippen molar-refractivity contribution in [2.45, 2.75) is 27.7 Å². The fraction of sp³-hybridized carbons (Fsp3) is 0.167. The van der Waals surface area contributed by atoms with Gasteiger partial charge in [-0.2, -0.15) is 5.26 Å². The second-order valence-electron chi connectivity index (χ2n) is 7.30. The van der Waals surface area contributed by atoms with Gasteiger partial charge in [-0.15, -0.1) is 0 Å². The molecule has 0 amide bonds. The average Bonchev–Trinajstić information content (AvgIpc) is 3.22. The summed E-state index contributed by atoms with van der Waals surface area (Å²) in [4.78, 5) is 7.49. The number of rotatable bonds is 3. The summed E-state index contributed by atoms with van der Waals surface area (Å²) in [6, 6.07) is 14.9. The summed E-state index contributed by atoms with van der Waals surface area (Å²) in [5.41, 5.74) is 8.29. The van der Waals surface area contributed by atoms with Gasteiger partial charge in [0.1, 0.15) is 17.7 Å². The first-order chi connectivity index (χ1) is 13.9. The normalized spacial score (nSPS) is 11.8. The minimum atomic E-state index is -0.341. The van der Waals surface area contributed by atoms with Crippen molar-refractivity contribution in [3.8, 4) is 11.8 Å². The number of hydrogen-bond donors (Lipinski definition) is 1. The zero-order valence-corrected chi connectivity index (χ0v) is 16.8. The topological polar surface area (TPSA) is 57.4 Å². The molecule has 0 atom stereocenters. The largest absolute Gasteiger partial charge is 0.337 e. The molecule has 0 aliphatic rings. The predicted molar refractivity (Wildman–Crippen MR) is 114 cm³/mol. The van der Waals surface area contributed by atoms with Gasteiger partial charge in [0.05, 0.1) is 16.6 Å². The average molecular weight is 384 g/mol. The lowest BCUT2D eigenvalue weighted by atomic mass is 10.1. The zero-order chi connectivity index (χ0) is 20.7. The van der Waals surface area contributed by atoms with E-state index in [1.165, 1.54) is 23.3 Å². The number of halogens is 1. The van der Waals surface area contributed by atoms with Crippen LogP contribution in [0.15, 0.2) is 42.5 Å². The van der Waals surface area contributed by atoms with Gasteiger partial charge in [-0.3, -0.25) is 0 Å². The molecule has 4 nitrogen and oxygen atoms in total. The molecule has 5 heteroatoms. The number of H-pyrrole nitrogens is 1. The van der Waals surface area contributed by atoms with Crippen LogP contribution in [0.25, 0.3) is 28.4 Å². The molecule has 0 spiro atoms.